The van der Waals surface area contributed by atoms with Crippen LogP contribution in [0.25, 0.3) is 0 Å². The smallest absolute Gasteiger partial charge is 0.433 e. The van der Waals surface area contributed by atoms with E-state index in [2.05, 4.69) is 4.99 Å². The molecule has 106 valence electrons. The molecule has 1 aliphatic rings. The number of aliphatic imine (C=N–C) groups is 1. The summed E-state index contributed by atoms with van der Waals surface area (Å²) in [6.07, 6.45) is 2.30. The summed E-state index contributed by atoms with van der Waals surface area (Å²) in [5.41, 5.74) is 2.00. The maximum absolute atomic E-state index is 11.5. The fraction of sp³-hybridized carbons (Fsp3) is 0.333. The van der Waals surface area contributed by atoms with Gasteiger partial charge in [0.1, 0.15) is 6.61 Å². The topological polar surface area (TPSA) is 38.7 Å². The summed E-state index contributed by atoms with van der Waals surface area (Å²) in [6, 6.07) is 9.59. The van der Waals surface area contributed by atoms with Gasteiger partial charge >= 0.3 is 6.09 Å². The minimum atomic E-state index is -0.542. The first-order valence-corrected chi connectivity index (χ1v) is 8.44. The molecular weight excluding hydrogens is 290 g/mol. The van der Waals surface area contributed by atoms with Crippen molar-refractivity contribution in [3.63, 3.8) is 0 Å². The lowest BCUT2D eigenvalue weighted by atomic mass is 10.2. The Hall–Kier alpha value is -1.20. The molecule has 20 heavy (non-hydrogen) atoms. The Bertz CT molecular complexity index is 504. The molecule has 0 bridgehead atoms. The third kappa shape index (κ3) is 5.06. The summed E-state index contributed by atoms with van der Waals surface area (Å²) < 4.78 is 6.35. The minimum absolute atomic E-state index is 0.260. The number of ether oxygens (including phenoxy) is 1. The van der Waals surface area contributed by atoms with Crippen LogP contribution in [0.4, 0.5) is 4.79 Å². The van der Waals surface area contributed by atoms with Crippen molar-refractivity contribution in [3.05, 3.63) is 45.7 Å². The number of hydrogen-bond donors (Lipinski definition) is 0. The van der Waals surface area contributed by atoms with Crippen LogP contribution >= 0.6 is 23.5 Å². The predicted molar refractivity (Wildman–Crippen MR) is 87.4 cm³/mol. The highest BCUT2D eigenvalue weighted by Crippen LogP contribution is 2.36. The second kappa shape index (κ2) is 8.17. The van der Waals surface area contributed by atoms with Gasteiger partial charge in [-0.05, 0) is 36.0 Å². The second-order valence-corrected chi connectivity index (χ2v) is 6.79. The molecule has 0 radical (unpaired) electrons. The molecule has 0 saturated carbocycles. The van der Waals surface area contributed by atoms with Gasteiger partial charge in [-0.15, -0.1) is 23.5 Å². The van der Waals surface area contributed by atoms with Gasteiger partial charge in [0.05, 0.1) is 0 Å². The van der Waals surface area contributed by atoms with Crippen molar-refractivity contribution in [2.75, 3.05) is 11.5 Å². The molecule has 0 aliphatic carbocycles. The van der Waals surface area contributed by atoms with Crippen LogP contribution < -0.4 is 0 Å². The SMILES string of the molecule is CC(/C=N/C(=O)OCc1ccccc1)=C1SCCCS1. The standard InChI is InChI=1S/C15H17NO2S2/c1-12(14-19-8-5-9-20-14)10-16-15(17)18-11-13-6-3-2-4-7-13/h2-4,6-7,10H,5,8-9,11H2,1H3/b16-10+. The lowest BCUT2D eigenvalue weighted by Crippen LogP contribution is -2.00. The van der Waals surface area contributed by atoms with E-state index >= 15 is 0 Å². The molecule has 0 unspecified atom stereocenters. The van der Waals surface area contributed by atoms with E-state index in [4.69, 9.17) is 4.74 Å². The fourth-order valence-corrected chi connectivity index (χ4v) is 4.14. The summed E-state index contributed by atoms with van der Waals surface area (Å²) in [7, 11) is 0. The number of rotatable bonds is 3. The monoisotopic (exact) mass is 307 g/mol. The molecule has 1 amide bonds. The number of carbonyl (C=O) groups is 1. The third-order valence-electron chi connectivity index (χ3n) is 2.65. The van der Waals surface area contributed by atoms with Crippen LogP contribution in [-0.2, 0) is 11.3 Å². The van der Waals surface area contributed by atoms with Crippen LogP contribution in [0.2, 0.25) is 0 Å². The van der Waals surface area contributed by atoms with Crippen molar-refractivity contribution in [2.45, 2.75) is 20.0 Å². The normalized spacial score (nSPS) is 15.3. The zero-order valence-corrected chi connectivity index (χ0v) is 13.0. The maximum atomic E-state index is 11.5. The molecule has 0 atom stereocenters. The van der Waals surface area contributed by atoms with Crippen LogP contribution in [0.1, 0.15) is 18.9 Å². The molecule has 0 spiro atoms. The molecule has 1 fully saturated rings. The zero-order valence-electron chi connectivity index (χ0n) is 11.4. The number of amides is 1. The average Bonchev–Trinajstić information content (AvgIpc) is 2.52. The molecule has 1 aliphatic heterocycles. The van der Waals surface area contributed by atoms with Crippen molar-refractivity contribution in [2.24, 2.45) is 4.99 Å². The van der Waals surface area contributed by atoms with Crippen molar-refractivity contribution in [1.82, 2.24) is 0 Å². The lowest BCUT2D eigenvalue weighted by Gasteiger charge is -2.13. The van der Waals surface area contributed by atoms with E-state index in [1.807, 2.05) is 60.8 Å². The van der Waals surface area contributed by atoms with E-state index in [0.29, 0.717) is 0 Å². The van der Waals surface area contributed by atoms with Crippen LogP contribution in [0.5, 0.6) is 0 Å². The van der Waals surface area contributed by atoms with Crippen LogP contribution in [0, 0.1) is 0 Å². The lowest BCUT2D eigenvalue weighted by molar-refractivity contribution is 0.151. The Kier molecular flexibility index (Phi) is 6.21. The van der Waals surface area contributed by atoms with E-state index in [0.717, 1.165) is 22.6 Å². The summed E-state index contributed by atoms with van der Waals surface area (Å²) in [5.74, 6) is 2.29. The van der Waals surface area contributed by atoms with E-state index in [1.165, 1.54) is 10.7 Å². The van der Waals surface area contributed by atoms with Gasteiger partial charge in [0, 0.05) is 10.5 Å². The molecule has 1 heterocycles. The van der Waals surface area contributed by atoms with E-state index in [1.54, 1.807) is 6.21 Å². The maximum Gasteiger partial charge on any atom is 0.433 e. The summed E-state index contributed by atoms with van der Waals surface area (Å²) in [5, 5.41) is 0. The molecular formula is C15H17NO2S2. The second-order valence-electron chi connectivity index (χ2n) is 4.32. The van der Waals surface area contributed by atoms with Gasteiger partial charge in [-0.1, -0.05) is 30.3 Å². The average molecular weight is 307 g/mol. The molecule has 1 aromatic carbocycles. The van der Waals surface area contributed by atoms with Gasteiger partial charge < -0.3 is 4.74 Å². The van der Waals surface area contributed by atoms with Crippen LogP contribution in [-0.4, -0.2) is 23.8 Å². The van der Waals surface area contributed by atoms with Crippen LogP contribution in [0.15, 0.2) is 45.1 Å². The zero-order chi connectivity index (χ0) is 14.2. The molecule has 5 heteroatoms. The highest BCUT2D eigenvalue weighted by atomic mass is 32.2. The Morgan fingerprint density at radius 3 is 2.70 bits per heavy atom. The molecule has 0 aromatic heterocycles. The summed E-state index contributed by atoms with van der Waals surface area (Å²) in [6.45, 7) is 2.24. The number of hydrogen-bond acceptors (Lipinski definition) is 4. The number of thioether (sulfide) groups is 2. The highest BCUT2D eigenvalue weighted by Gasteiger charge is 2.09. The Balaban J connectivity index is 1.83. The van der Waals surface area contributed by atoms with Crippen molar-refractivity contribution >= 4 is 35.8 Å². The Morgan fingerprint density at radius 1 is 1.30 bits per heavy atom. The van der Waals surface area contributed by atoms with Gasteiger partial charge in [-0.3, -0.25) is 0 Å². The minimum Gasteiger partial charge on any atom is -0.443 e. The summed E-state index contributed by atoms with van der Waals surface area (Å²) in [4.78, 5) is 15.4. The highest BCUT2D eigenvalue weighted by molar-refractivity contribution is 8.22. The fourth-order valence-electron chi connectivity index (χ4n) is 1.62. The molecule has 3 nitrogen and oxygen atoms in total. The van der Waals surface area contributed by atoms with Gasteiger partial charge in [0.2, 0.25) is 0 Å². The molecule has 0 N–H and O–H groups in total. The van der Waals surface area contributed by atoms with Crippen molar-refractivity contribution < 1.29 is 9.53 Å². The van der Waals surface area contributed by atoms with Gasteiger partial charge in [0.25, 0.3) is 0 Å². The number of carbonyl (C=O) groups excluding carboxylic acids is 1. The largest absolute Gasteiger partial charge is 0.443 e. The first-order valence-electron chi connectivity index (χ1n) is 6.47. The number of benzene rings is 1. The first-order chi connectivity index (χ1) is 9.75. The van der Waals surface area contributed by atoms with Gasteiger partial charge in [-0.25, -0.2) is 4.79 Å². The quantitative estimate of drug-likeness (QED) is 0.771. The van der Waals surface area contributed by atoms with Crippen molar-refractivity contribution in [1.29, 1.82) is 0 Å². The predicted octanol–water partition coefficient (Wildman–Crippen LogP) is 4.50. The number of allylic oxidation sites excluding steroid dienone is 1. The summed E-state index contributed by atoms with van der Waals surface area (Å²) >= 11 is 3.66. The Morgan fingerprint density at radius 2 is 2.00 bits per heavy atom. The molecule has 1 aromatic rings. The van der Waals surface area contributed by atoms with Gasteiger partial charge in [0.15, 0.2) is 0 Å². The third-order valence-corrected chi connectivity index (χ3v) is 5.51. The van der Waals surface area contributed by atoms with Gasteiger partial charge in [-0.2, -0.15) is 4.99 Å². The first kappa shape index (κ1) is 15.2. The molecule has 2 rings (SSSR count). The number of nitrogens with zero attached hydrogens (tertiary/aromatic N) is 1. The van der Waals surface area contributed by atoms with E-state index < -0.39 is 6.09 Å². The van der Waals surface area contributed by atoms with E-state index in [-0.39, 0.29) is 6.61 Å². The van der Waals surface area contributed by atoms with Crippen LogP contribution in [0.3, 0.4) is 0 Å². The van der Waals surface area contributed by atoms with E-state index in [9.17, 15) is 4.79 Å². The van der Waals surface area contributed by atoms with Crippen molar-refractivity contribution in [3.8, 4) is 0 Å². The Labute approximate surface area is 127 Å². The molecule has 1 saturated heterocycles.